The lowest BCUT2D eigenvalue weighted by atomic mass is 9.90. The first-order valence-electron chi connectivity index (χ1n) is 15.6. The first-order valence-corrected chi connectivity index (χ1v) is 15.6. The first kappa shape index (κ1) is 55.9. The minimum atomic E-state index is -0.197. The van der Waals surface area contributed by atoms with Crippen LogP contribution in [0.1, 0.15) is 121 Å². The van der Waals surface area contributed by atoms with E-state index in [4.69, 9.17) is 29.5 Å². The van der Waals surface area contributed by atoms with E-state index in [1.165, 1.54) is 0 Å². The van der Waals surface area contributed by atoms with E-state index in [9.17, 15) is 9.59 Å². The van der Waals surface area contributed by atoms with Crippen LogP contribution < -0.4 is 0 Å². The molecule has 0 aromatic carbocycles. The number of carbonyl (C=O) groups excluding carboxylic acids is 2. The second-order valence-corrected chi connectivity index (χ2v) is 10.5. The highest BCUT2D eigenvalue weighted by Gasteiger charge is 2.22. The number of aliphatic hydroxyl groups excluding tert-OH is 3. The van der Waals surface area contributed by atoms with Crippen molar-refractivity contribution in [3.05, 3.63) is 36.0 Å². The quantitative estimate of drug-likeness (QED) is 0.200. The Balaban J connectivity index is -0.000000239. The largest absolute Gasteiger partial charge is 0.465 e. The monoisotopic (exact) mass is 667 g/mol. The van der Waals surface area contributed by atoms with Gasteiger partial charge in [-0.25, -0.2) is 0 Å². The van der Waals surface area contributed by atoms with E-state index in [-0.39, 0.29) is 77.5 Å². The van der Waals surface area contributed by atoms with Crippen LogP contribution in [0, 0.1) is 17.8 Å². The SMILES string of the molecule is C.C.C=C(C)CO.CC.CC[C@@H]1CCCC(C)CCC(=O)OCC(CO[C@H]2CCCC(C)O2)/C=C(C)/C=C/C1=O.CO.CO.S. The van der Waals surface area contributed by atoms with Gasteiger partial charge in [0.2, 0.25) is 0 Å². The number of aliphatic hydroxyl groups is 3. The highest BCUT2D eigenvalue weighted by atomic mass is 32.1. The third-order valence-electron chi connectivity index (χ3n) is 6.65. The number of allylic oxidation sites excluding steroid dienone is 3. The molecule has 0 amide bonds. The van der Waals surface area contributed by atoms with E-state index < -0.39 is 0 Å². The lowest BCUT2D eigenvalue weighted by Gasteiger charge is -2.28. The number of cyclic esters (lactones) is 1. The molecule has 3 N–H and O–H groups in total. The Kier molecular flexibility index (Phi) is 48.0. The lowest BCUT2D eigenvalue weighted by molar-refractivity contribution is -0.194. The molecular formula is C36H74O8S. The summed E-state index contributed by atoms with van der Waals surface area (Å²) < 4.78 is 17.4. The number of hydrogen-bond donors (Lipinski definition) is 3. The summed E-state index contributed by atoms with van der Waals surface area (Å²) in [5.74, 6) is 0.527. The van der Waals surface area contributed by atoms with Crippen LogP contribution >= 0.6 is 13.5 Å². The van der Waals surface area contributed by atoms with Crippen LogP contribution in [0.25, 0.3) is 0 Å². The highest BCUT2D eigenvalue weighted by molar-refractivity contribution is 7.59. The Morgan fingerprint density at radius 1 is 0.978 bits per heavy atom. The molecule has 0 aromatic rings. The van der Waals surface area contributed by atoms with Crippen LogP contribution in [0.2, 0.25) is 0 Å². The van der Waals surface area contributed by atoms with E-state index in [1.54, 1.807) is 13.0 Å². The van der Waals surface area contributed by atoms with Gasteiger partial charge in [-0.2, -0.15) is 13.5 Å². The van der Waals surface area contributed by atoms with Gasteiger partial charge in [0.15, 0.2) is 12.1 Å². The number of ketones is 1. The van der Waals surface area contributed by atoms with Crippen molar-refractivity contribution < 1.29 is 39.1 Å². The fourth-order valence-electron chi connectivity index (χ4n) is 4.28. The normalized spacial score (nSPS) is 25.4. The number of carbonyl (C=O) groups is 2. The van der Waals surface area contributed by atoms with Crippen LogP contribution in [-0.2, 0) is 23.8 Å². The predicted molar refractivity (Wildman–Crippen MR) is 196 cm³/mol. The van der Waals surface area contributed by atoms with Crippen molar-refractivity contribution in [1.29, 1.82) is 0 Å². The summed E-state index contributed by atoms with van der Waals surface area (Å²) in [6.07, 6.45) is 13.8. The Bertz CT molecular complexity index is 739. The standard InChI is InChI=1S/C26H42O5.C4H8O.C2H6.2CH4O.2CH4.H2S/c1-5-23-10-6-8-19(2)13-15-25(28)29-17-22(16-20(3)12-14-24(23)27)18-30-26-11-7-9-21(4)31-26;1-4(2)3-5;3*1-2;;;/h12,14,16,19,21-23,26H,5-11,13,15,17-18H2,1-4H3;5H,1,3H2,2H3;1-2H3;2*2H,1H3;2*1H4;1H2/b14-12+,20-16+;;;;;;;/t19?,21?,22?,23-,26-;;;;;;;/m1......./s1. The fourth-order valence-corrected chi connectivity index (χ4v) is 4.28. The first-order chi connectivity index (χ1) is 20.1. The highest BCUT2D eigenvalue weighted by Crippen LogP contribution is 2.22. The van der Waals surface area contributed by atoms with Crippen molar-refractivity contribution in [3.8, 4) is 0 Å². The van der Waals surface area contributed by atoms with Crippen LogP contribution in [0.15, 0.2) is 36.0 Å². The summed E-state index contributed by atoms with van der Waals surface area (Å²) in [7, 11) is 2.00. The molecule has 0 aliphatic carbocycles. The molecule has 0 saturated carbocycles. The van der Waals surface area contributed by atoms with Crippen molar-refractivity contribution in [3.63, 3.8) is 0 Å². The molecule has 0 bridgehead atoms. The maximum Gasteiger partial charge on any atom is 0.305 e. The second-order valence-electron chi connectivity index (χ2n) is 10.5. The molecule has 2 rings (SSSR count). The van der Waals surface area contributed by atoms with Gasteiger partial charge in [0.25, 0.3) is 0 Å². The molecule has 5 atom stereocenters. The third-order valence-corrected chi connectivity index (χ3v) is 6.65. The number of esters is 1. The summed E-state index contributed by atoms with van der Waals surface area (Å²) in [5, 5.41) is 22.0. The maximum atomic E-state index is 12.6. The molecule has 2 aliphatic heterocycles. The predicted octanol–water partition coefficient (Wildman–Crippen LogP) is 7.96. The molecule has 0 aromatic heterocycles. The van der Waals surface area contributed by atoms with Gasteiger partial charge in [-0.05, 0) is 71.3 Å². The van der Waals surface area contributed by atoms with Gasteiger partial charge in [0, 0.05) is 32.5 Å². The maximum absolute atomic E-state index is 12.6. The lowest BCUT2D eigenvalue weighted by Crippen LogP contribution is -2.30. The van der Waals surface area contributed by atoms with Gasteiger partial charge < -0.3 is 29.5 Å². The minimum Gasteiger partial charge on any atom is -0.465 e. The molecule has 0 radical (unpaired) electrons. The molecule has 1 saturated heterocycles. The Morgan fingerprint density at radius 3 is 2.04 bits per heavy atom. The fraction of sp³-hybridized carbons (Fsp3) is 0.778. The molecule has 0 spiro atoms. The van der Waals surface area contributed by atoms with E-state index in [0.29, 0.717) is 18.9 Å². The van der Waals surface area contributed by atoms with Gasteiger partial charge in [0.1, 0.15) is 0 Å². The smallest absolute Gasteiger partial charge is 0.305 e. The zero-order valence-electron chi connectivity index (χ0n) is 28.7. The Hall–Kier alpha value is -1.49. The Labute approximate surface area is 285 Å². The third kappa shape index (κ3) is 32.2. The molecule has 2 heterocycles. The van der Waals surface area contributed by atoms with E-state index in [0.717, 1.165) is 76.7 Å². The van der Waals surface area contributed by atoms with Gasteiger partial charge >= 0.3 is 5.97 Å². The summed E-state index contributed by atoms with van der Waals surface area (Å²) in [6.45, 7) is 18.3. The molecule has 8 nitrogen and oxygen atoms in total. The molecule has 45 heavy (non-hydrogen) atoms. The summed E-state index contributed by atoms with van der Waals surface area (Å²) >= 11 is 0. The molecule has 272 valence electrons. The van der Waals surface area contributed by atoms with Gasteiger partial charge in [0.05, 0.1) is 25.9 Å². The summed E-state index contributed by atoms with van der Waals surface area (Å²) in [4.78, 5) is 24.9. The van der Waals surface area contributed by atoms with Crippen LogP contribution in [0.4, 0.5) is 0 Å². The summed E-state index contributed by atoms with van der Waals surface area (Å²) in [5.41, 5.74) is 1.79. The zero-order valence-corrected chi connectivity index (χ0v) is 29.7. The van der Waals surface area contributed by atoms with E-state index >= 15 is 0 Å². The molecule has 3 unspecified atom stereocenters. The van der Waals surface area contributed by atoms with E-state index in [2.05, 4.69) is 27.4 Å². The average molecular weight is 667 g/mol. The summed E-state index contributed by atoms with van der Waals surface area (Å²) in [6, 6.07) is 0. The topological polar surface area (TPSA) is 123 Å². The van der Waals surface area contributed by atoms with Crippen LogP contribution in [0.3, 0.4) is 0 Å². The zero-order chi connectivity index (χ0) is 32.9. The van der Waals surface area contributed by atoms with Gasteiger partial charge in [-0.1, -0.05) is 85.3 Å². The molecule has 2 aliphatic rings. The van der Waals surface area contributed by atoms with Crippen molar-refractivity contribution in [2.45, 2.75) is 134 Å². The second kappa shape index (κ2) is 38.7. The van der Waals surface area contributed by atoms with Crippen molar-refractivity contribution in [2.24, 2.45) is 17.8 Å². The number of rotatable bonds is 5. The molecule has 1 fully saturated rings. The number of hydrogen-bond acceptors (Lipinski definition) is 8. The van der Waals surface area contributed by atoms with Crippen molar-refractivity contribution in [1.82, 2.24) is 0 Å². The Morgan fingerprint density at radius 2 is 1.53 bits per heavy atom. The van der Waals surface area contributed by atoms with Crippen LogP contribution in [-0.4, -0.2) is 73.5 Å². The van der Waals surface area contributed by atoms with Crippen molar-refractivity contribution in [2.75, 3.05) is 34.0 Å². The van der Waals surface area contributed by atoms with Gasteiger partial charge in [-0.3, -0.25) is 9.59 Å². The van der Waals surface area contributed by atoms with Gasteiger partial charge in [-0.15, -0.1) is 0 Å². The molecular weight excluding hydrogens is 592 g/mol. The van der Waals surface area contributed by atoms with E-state index in [1.807, 2.05) is 32.9 Å². The average Bonchev–Trinajstić information content (AvgIpc) is 3.01. The minimum absolute atomic E-state index is 0. The molecule has 9 heteroatoms. The van der Waals surface area contributed by atoms with Crippen LogP contribution in [0.5, 0.6) is 0 Å². The van der Waals surface area contributed by atoms with Crippen molar-refractivity contribution >= 4 is 25.2 Å². The number of ether oxygens (including phenoxy) is 3.